The molecule has 0 unspecified atom stereocenters. The van der Waals surface area contributed by atoms with Crippen LogP contribution in [0.15, 0.2) is 12.1 Å². The minimum Gasteiger partial charge on any atom is -0.388 e. The molecule has 0 atom stereocenters. The monoisotopic (exact) mass is 252 g/mol. The topological polar surface area (TPSA) is 56.1 Å². The number of aryl methyl sites for hydroxylation is 1. The number of aliphatic hydroxyl groups is 1. The van der Waals surface area contributed by atoms with E-state index in [1.807, 2.05) is 13.8 Å². The van der Waals surface area contributed by atoms with E-state index in [1.165, 1.54) is 12.3 Å². The van der Waals surface area contributed by atoms with Crippen LogP contribution >= 0.6 is 0 Å². The van der Waals surface area contributed by atoms with Gasteiger partial charge in [-0.15, -0.1) is 0 Å². The summed E-state index contributed by atoms with van der Waals surface area (Å²) in [5.74, 6) is -0.306. The average Bonchev–Trinajstić information content (AvgIpc) is 2.39. The molecule has 100 valence electrons. The van der Waals surface area contributed by atoms with Crippen molar-refractivity contribution >= 4 is 11.9 Å². The Hall–Kier alpha value is -1.42. The Morgan fingerprint density at radius 3 is 2.50 bits per heavy atom. The van der Waals surface area contributed by atoms with Gasteiger partial charge in [-0.3, -0.25) is 0 Å². The van der Waals surface area contributed by atoms with E-state index >= 15 is 0 Å². The number of anilines is 1. The fourth-order valence-corrected chi connectivity index (χ4v) is 1.74. The number of benzene rings is 1. The summed E-state index contributed by atoms with van der Waals surface area (Å²) < 4.78 is 13.5. The first-order valence-corrected chi connectivity index (χ1v) is 6.22. The van der Waals surface area contributed by atoms with Crippen molar-refractivity contribution in [1.82, 2.24) is 0 Å². The van der Waals surface area contributed by atoms with E-state index in [2.05, 4.69) is 5.32 Å². The van der Waals surface area contributed by atoms with Crippen LogP contribution in [0.1, 0.15) is 37.8 Å². The highest BCUT2D eigenvalue weighted by atomic mass is 19.1. The molecular formula is C14H21FN2O. The first kappa shape index (κ1) is 14.6. The second-order valence-electron chi connectivity index (χ2n) is 4.62. The summed E-state index contributed by atoms with van der Waals surface area (Å²) in [6.45, 7) is 5.85. The van der Waals surface area contributed by atoms with Crippen LogP contribution in [0.25, 0.3) is 0 Å². The van der Waals surface area contributed by atoms with Gasteiger partial charge in [0.25, 0.3) is 0 Å². The average molecular weight is 252 g/mol. The number of rotatable bonds is 6. The third-order valence-corrected chi connectivity index (χ3v) is 3.41. The SMILES string of the molecule is CCC(O)(CC)CNc1cc(F)c(C)cc1C=N. The number of nitrogens with one attached hydrogen (secondary N) is 2. The lowest BCUT2D eigenvalue weighted by Crippen LogP contribution is -2.35. The first-order chi connectivity index (χ1) is 8.45. The van der Waals surface area contributed by atoms with Gasteiger partial charge in [-0.05, 0) is 37.5 Å². The third-order valence-electron chi connectivity index (χ3n) is 3.41. The second-order valence-corrected chi connectivity index (χ2v) is 4.62. The zero-order valence-corrected chi connectivity index (χ0v) is 11.2. The van der Waals surface area contributed by atoms with Crippen molar-refractivity contribution in [2.75, 3.05) is 11.9 Å². The van der Waals surface area contributed by atoms with Crippen LogP contribution in [-0.4, -0.2) is 23.5 Å². The molecule has 18 heavy (non-hydrogen) atoms. The van der Waals surface area contributed by atoms with Gasteiger partial charge in [0.15, 0.2) is 0 Å². The van der Waals surface area contributed by atoms with E-state index in [9.17, 15) is 9.50 Å². The van der Waals surface area contributed by atoms with Gasteiger partial charge in [-0.25, -0.2) is 4.39 Å². The van der Waals surface area contributed by atoms with Crippen LogP contribution < -0.4 is 5.32 Å². The molecule has 0 saturated carbocycles. The lowest BCUT2D eigenvalue weighted by molar-refractivity contribution is 0.0457. The van der Waals surface area contributed by atoms with E-state index in [4.69, 9.17) is 5.41 Å². The number of hydrogen-bond donors (Lipinski definition) is 3. The highest BCUT2D eigenvalue weighted by Gasteiger charge is 2.22. The van der Waals surface area contributed by atoms with Gasteiger partial charge in [0.2, 0.25) is 0 Å². The highest BCUT2D eigenvalue weighted by molar-refractivity contribution is 5.86. The molecule has 3 nitrogen and oxygen atoms in total. The Bertz CT molecular complexity index is 428. The normalized spacial score (nSPS) is 11.4. The zero-order chi connectivity index (χ0) is 13.8. The van der Waals surface area contributed by atoms with Gasteiger partial charge in [-0.1, -0.05) is 13.8 Å². The lowest BCUT2D eigenvalue weighted by atomic mass is 9.97. The minimum absolute atomic E-state index is 0.306. The van der Waals surface area contributed by atoms with E-state index in [-0.39, 0.29) is 5.82 Å². The molecule has 4 heteroatoms. The van der Waals surface area contributed by atoms with Crippen molar-refractivity contribution in [3.63, 3.8) is 0 Å². The zero-order valence-electron chi connectivity index (χ0n) is 11.2. The quantitative estimate of drug-likeness (QED) is 0.681. The molecule has 0 aliphatic rings. The Morgan fingerprint density at radius 2 is 2.00 bits per heavy atom. The lowest BCUT2D eigenvalue weighted by Gasteiger charge is -2.26. The summed E-state index contributed by atoms with van der Waals surface area (Å²) >= 11 is 0. The van der Waals surface area contributed by atoms with Gasteiger partial charge in [0.05, 0.1) is 5.60 Å². The van der Waals surface area contributed by atoms with Crippen LogP contribution in [0, 0.1) is 18.2 Å². The molecule has 0 aliphatic carbocycles. The maximum Gasteiger partial charge on any atom is 0.128 e. The van der Waals surface area contributed by atoms with Crippen LogP contribution in [0.2, 0.25) is 0 Å². The minimum atomic E-state index is -0.791. The van der Waals surface area contributed by atoms with Gasteiger partial charge >= 0.3 is 0 Å². The van der Waals surface area contributed by atoms with Crippen LogP contribution in [0.4, 0.5) is 10.1 Å². The predicted molar refractivity (Wildman–Crippen MR) is 73.0 cm³/mol. The highest BCUT2D eigenvalue weighted by Crippen LogP contribution is 2.21. The molecule has 0 fully saturated rings. The molecule has 3 N–H and O–H groups in total. The Morgan fingerprint density at radius 1 is 1.39 bits per heavy atom. The van der Waals surface area contributed by atoms with Crippen molar-refractivity contribution < 1.29 is 9.50 Å². The molecule has 0 saturated heterocycles. The largest absolute Gasteiger partial charge is 0.388 e. The van der Waals surface area contributed by atoms with Crippen molar-refractivity contribution in [2.24, 2.45) is 0 Å². The smallest absolute Gasteiger partial charge is 0.128 e. The van der Waals surface area contributed by atoms with Crippen molar-refractivity contribution in [3.05, 3.63) is 29.1 Å². The van der Waals surface area contributed by atoms with E-state index < -0.39 is 5.60 Å². The van der Waals surface area contributed by atoms with E-state index in [0.717, 1.165) is 0 Å². The van der Waals surface area contributed by atoms with Crippen molar-refractivity contribution in [1.29, 1.82) is 5.41 Å². The molecule has 0 heterocycles. The molecule has 0 amide bonds. The second kappa shape index (κ2) is 5.96. The predicted octanol–water partition coefficient (Wildman–Crippen LogP) is 3.09. The first-order valence-electron chi connectivity index (χ1n) is 6.22. The molecular weight excluding hydrogens is 231 g/mol. The molecule has 0 bridgehead atoms. The standard InChI is InChI=1S/C14H21FN2O/c1-4-14(18,5-2)9-17-13-7-12(15)10(3)6-11(13)8-16/h6-8,16-18H,4-5,9H2,1-3H3. The summed E-state index contributed by atoms with van der Waals surface area (Å²) in [5.41, 5.74) is 0.901. The van der Waals surface area contributed by atoms with E-state index in [0.29, 0.717) is 36.2 Å². The third kappa shape index (κ3) is 3.29. The number of hydrogen-bond acceptors (Lipinski definition) is 3. The summed E-state index contributed by atoms with van der Waals surface area (Å²) in [4.78, 5) is 0. The molecule has 0 aliphatic heterocycles. The molecule has 1 aromatic carbocycles. The summed E-state index contributed by atoms with van der Waals surface area (Å²) in [5, 5.41) is 20.5. The van der Waals surface area contributed by atoms with Crippen LogP contribution in [-0.2, 0) is 0 Å². The maximum atomic E-state index is 13.5. The Kier molecular flexibility index (Phi) is 4.84. The molecule has 1 aromatic rings. The van der Waals surface area contributed by atoms with Gasteiger partial charge in [0, 0.05) is 24.0 Å². The maximum absolute atomic E-state index is 13.5. The molecule has 1 rings (SSSR count). The molecule has 0 radical (unpaired) electrons. The fraction of sp³-hybridized carbons (Fsp3) is 0.500. The van der Waals surface area contributed by atoms with Crippen molar-refractivity contribution in [3.8, 4) is 0 Å². The molecule has 0 spiro atoms. The van der Waals surface area contributed by atoms with Crippen LogP contribution in [0.3, 0.4) is 0 Å². The van der Waals surface area contributed by atoms with Crippen molar-refractivity contribution in [2.45, 2.75) is 39.2 Å². The molecule has 0 aromatic heterocycles. The Balaban J connectivity index is 2.91. The fourth-order valence-electron chi connectivity index (χ4n) is 1.74. The van der Waals surface area contributed by atoms with Gasteiger partial charge < -0.3 is 15.8 Å². The Labute approximate surface area is 108 Å². The van der Waals surface area contributed by atoms with Crippen LogP contribution in [0.5, 0.6) is 0 Å². The van der Waals surface area contributed by atoms with Gasteiger partial charge in [0.1, 0.15) is 5.82 Å². The van der Waals surface area contributed by atoms with Gasteiger partial charge in [-0.2, -0.15) is 0 Å². The summed E-state index contributed by atoms with van der Waals surface area (Å²) in [6, 6.07) is 3.00. The summed E-state index contributed by atoms with van der Waals surface area (Å²) in [6.07, 6.45) is 2.45. The van der Waals surface area contributed by atoms with E-state index in [1.54, 1.807) is 13.0 Å². The number of halogens is 1. The summed E-state index contributed by atoms with van der Waals surface area (Å²) in [7, 11) is 0.